The van der Waals surface area contributed by atoms with Gasteiger partial charge in [0.25, 0.3) is 5.78 Å². The van der Waals surface area contributed by atoms with Gasteiger partial charge in [0.2, 0.25) is 11.7 Å². The lowest BCUT2D eigenvalue weighted by atomic mass is 10.1. The van der Waals surface area contributed by atoms with Crippen LogP contribution in [0.15, 0.2) is 69.0 Å². The van der Waals surface area contributed by atoms with Crippen molar-refractivity contribution >= 4 is 39.7 Å². The molecule has 124 valence electrons. The molecule has 3 heterocycles. The van der Waals surface area contributed by atoms with Crippen molar-refractivity contribution in [3.8, 4) is 0 Å². The van der Waals surface area contributed by atoms with Gasteiger partial charge in [0.1, 0.15) is 5.58 Å². The van der Waals surface area contributed by atoms with E-state index in [2.05, 4.69) is 5.32 Å². The van der Waals surface area contributed by atoms with Crippen LogP contribution in [0, 0.1) is 0 Å². The summed E-state index contributed by atoms with van der Waals surface area (Å²) in [6, 6.07) is 14.2. The second kappa shape index (κ2) is 6.41. The molecular weight excluding hydrogens is 338 g/mol. The maximum absolute atomic E-state index is 12.7. The van der Waals surface area contributed by atoms with E-state index in [1.807, 2.05) is 29.6 Å². The van der Waals surface area contributed by atoms with Crippen LogP contribution in [0.4, 0.5) is 5.69 Å². The molecule has 0 saturated carbocycles. The summed E-state index contributed by atoms with van der Waals surface area (Å²) in [7, 11) is 0. The Balaban J connectivity index is 1.72. The second-order valence-corrected chi connectivity index (χ2v) is 6.45. The normalized spacial score (nSPS) is 10.9. The van der Waals surface area contributed by atoms with Crippen LogP contribution in [-0.2, 0) is 11.2 Å². The second-order valence-electron chi connectivity index (χ2n) is 5.41. The highest BCUT2D eigenvalue weighted by Crippen LogP contribution is 2.32. The van der Waals surface area contributed by atoms with Gasteiger partial charge in [0.05, 0.1) is 18.4 Å². The fourth-order valence-electron chi connectivity index (χ4n) is 2.60. The number of ketones is 1. The number of benzene rings is 1. The van der Waals surface area contributed by atoms with Gasteiger partial charge in [-0.1, -0.05) is 18.2 Å². The molecule has 4 rings (SSSR count). The number of furan rings is 2. The number of hydrogen-bond donors (Lipinski definition) is 1. The molecule has 4 aromatic rings. The van der Waals surface area contributed by atoms with Crippen molar-refractivity contribution in [3.05, 3.63) is 76.6 Å². The molecule has 0 spiro atoms. The first kappa shape index (κ1) is 15.4. The zero-order chi connectivity index (χ0) is 17.2. The van der Waals surface area contributed by atoms with Crippen LogP contribution < -0.4 is 5.32 Å². The first-order valence-corrected chi connectivity index (χ1v) is 8.52. The number of thiophene rings is 1. The van der Waals surface area contributed by atoms with E-state index in [4.69, 9.17) is 8.83 Å². The summed E-state index contributed by atoms with van der Waals surface area (Å²) in [6.07, 6.45) is 1.66. The zero-order valence-electron chi connectivity index (χ0n) is 13.0. The van der Waals surface area contributed by atoms with E-state index >= 15 is 0 Å². The van der Waals surface area contributed by atoms with Gasteiger partial charge in [0, 0.05) is 10.3 Å². The van der Waals surface area contributed by atoms with Gasteiger partial charge in [-0.25, -0.2) is 0 Å². The molecule has 1 N–H and O–H groups in total. The van der Waals surface area contributed by atoms with Crippen molar-refractivity contribution < 1.29 is 18.4 Å². The Morgan fingerprint density at radius 3 is 2.68 bits per heavy atom. The fraction of sp³-hybridized carbons (Fsp3) is 0.0526. The zero-order valence-corrected chi connectivity index (χ0v) is 13.8. The molecule has 0 aliphatic rings. The molecule has 0 bridgehead atoms. The topological polar surface area (TPSA) is 72.5 Å². The number of carbonyl (C=O) groups excluding carboxylic acids is 2. The van der Waals surface area contributed by atoms with Crippen LogP contribution >= 0.6 is 11.3 Å². The maximum atomic E-state index is 12.7. The average molecular weight is 351 g/mol. The number of carbonyl (C=O) groups is 2. The summed E-state index contributed by atoms with van der Waals surface area (Å²) in [6.45, 7) is 0. The highest BCUT2D eigenvalue weighted by Gasteiger charge is 2.25. The van der Waals surface area contributed by atoms with Gasteiger partial charge in [-0.05, 0) is 35.7 Å². The third-order valence-corrected chi connectivity index (χ3v) is 4.60. The highest BCUT2D eigenvalue weighted by atomic mass is 32.1. The lowest BCUT2D eigenvalue weighted by Gasteiger charge is -2.04. The summed E-state index contributed by atoms with van der Waals surface area (Å²) >= 11 is 1.51. The lowest BCUT2D eigenvalue weighted by Crippen LogP contribution is -2.15. The Kier molecular flexibility index (Phi) is 3.95. The van der Waals surface area contributed by atoms with Crippen LogP contribution in [-0.4, -0.2) is 11.7 Å². The van der Waals surface area contributed by atoms with Crippen molar-refractivity contribution in [1.82, 2.24) is 0 Å². The standard InChI is InChI=1S/C19H13NO4S/c21-16(11-12-5-4-10-25-12)20-17-13-6-1-2-7-14(13)24-19(17)18(22)15-8-3-9-23-15/h1-10H,11H2,(H,20,21). The Bertz CT molecular complexity index is 1030. The molecule has 0 atom stereocenters. The molecule has 0 saturated heterocycles. The van der Waals surface area contributed by atoms with Crippen molar-refractivity contribution in [2.75, 3.05) is 5.32 Å². The van der Waals surface area contributed by atoms with E-state index in [9.17, 15) is 9.59 Å². The van der Waals surface area contributed by atoms with Gasteiger partial charge in [0.15, 0.2) is 5.76 Å². The molecule has 5 nitrogen and oxygen atoms in total. The molecule has 0 unspecified atom stereocenters. The highest BCUT2D eigenvalue weighted by molar-refractivity contribution is 7.10. The smallest absolute Gasteiger partial charge is 0.265 e. The van der Waals surface area contributed by atoms with E-state index in [1.165, 1.54) is 17.6 Å². The minimum atomic E-state index is -0.410. The minimum absolute atomic E-state index is 0.0654. The fourth-order valence-corrected chi connectivity index (χ4v) is 3.31. The number of fused-ring (bicyclic) bond motifs is 1. The molecule has 1 amide bonds. The molecular formula is C19H13NO4S. The Labute approximate surface area is 146 Å². The molecule has 0 radical (unpaired) electrons. The van der Waals surface area contributed by atoms with Crippen LogP contribution in [0.5, 0.6) is 0 Å². The molecule has 0 aliphatic carbocycles. The number of para-hydroxylation sites is 1. The van der Waals surface area contributed by atoms with Crippen LogP contribution in [0.25, 0.3) is 11.0 Å². The molecule has 1 aromatic carbocycles. The summed E-state index contributed by atoms with van der Waals surface area (Å²) in [5, 5.41) is 5.42. The van der Waals surface area contributed by atoms with E-state index in [1.54, 1.807) is 24.3 Å². The quantitative estimate of drug-likeness (QED) is 0.537. The minimum Gasteiger partial charge on any atom is -0.461 e. The summed E-state index contributed by atoms with van der Waals surface area (Å²) < 4.78 is 10.9. The van der Waals surface area contributed by atoms with Crippen LogP contribution in [0.2, 0.25) is 0 Å². The Morgan fingerprint density at radius 2 is 1.92 bits per heavy atom. The van der Waals surface area contributed by atoms with Crippen LogP contribution in [0.3, 0.4) is 0 Å². The Hall–Kier alpha value is -3.12. The first-order chi connectivity index (χ1) is 12.2. The van der Waals surface area contributed by atoms with Gasteiger partial charge in [-0.15, -0.1) is 11.3 Å². The molecule has 3 aromatic heterocycles. The van der Waals surface area contributed by atoms with E-state index in [0.29, 0.717) is 16.7 Å². The summed E-state index contributed by atoms with van der Waals surface area (Å²) in [4.78, 5) is 26.0. The van der Waals surface area contributed by atoms with Gasteiger partial charge < -0.3 is 14.2 Å². The Morgan fingerprint density at radius 1 is 1.04 bits per heavy atom. The number of rotatable bonds is 5. The summed E-state index contributed by atoms with van der Waals surface area (Å²) in [5.41, 5.74) is 0.905. The molecule has 6 heteroatoms. The largest absolute Gasteiger partial charge is 0.461 e. The molecule has 0 fully saturated rings. The van der Waals surface area contributed by atoms with Crippen molar-refractivity contribution in [3.63, 3.8) is 0 Å². The number of anilines is 1. The third kappa shape index (κ3) is 2.99. The van der Waals surface area contributed by atoms with E-state index in [0.717, 1.165) is 4.88 Å². The van der Waals surface area contributed by atoms with E-state index < -0.39 is 5.78 Å². The molecule has 0 aliphatic heterocycles. The number of nitrogens with one attached hydrogen (secondary N) is 1. The predicted octanol–water partition coefficient (Wildman–Crippen LogP) is 4.50. The number of amides is 1. The SMILES string of the molecule is O=C(Cc1cccs1)Nc1c(C(=O)c2ccco2)oc2ccccc12. The van der Waals surface area contributed by atoms with E-state index in [-0.39, 0.29) is 23.8 Å². The molecule has 25 heavy (non-hydrogen) atoms. The predicted molar refractivity (Wildman–Crippen MR) is 95.0 cm³/mol. The van der Waals surface area contributed by atoms with Crippen molar-refractivity contribution in [2.24, 2.45) is 0 Å². The average Bonchev–Trinajstić information content (AvgIpc) is 3.35. The monoisotopic (exact) mass is 351 g/mol. The lowest BCUT2D eigenvalue weighted by molar-refractivity contribution is -0.115. The van der Waals surface area contributed by atoms with Crippen molar-refractivity contribution in [2.45, 2.75) is 6.42 Å². The van der Waals surface area contributed by atoms with Gasteiger partial charge in [-0.2, -0.15) is 0 Å². The maximum Gasteiger partial charge on any atom is 0.265 e. The van der Waals surface area contributed by atoms with Gasteiger partial charge >= 0.3 is 0 Å². The number of hydrogen-bond acceptors (Lipinski definition) is 5. The third-order valence-electron chi connectivity index (χ3n) is 3.73. The summed E-state index contributed by atoms with van der Waals surface area (Å²) in [5.74, 6) is -0.390. The van der Waals surface area contributed by atoms with Gasteiger partial charge in [-0.3, -0.25) is 9.59 Å². The van der Waals surface area contributed by atoms with Crippen molar-refractivity contribution in [1.29, 1.82) is 0 Å². The first-order valence-electron chi connectivity index (χ1n) is 7.64. The van der Waals surface area contributed by atoms with Crippen LogP contribution in [0.1, 0.15) is 21.2 Å².